The Hall–Kier alpha value is -2.53. The van der Waals surface area contributed by atoms with Gasteiger partial charge in [-0.2, -0.15) is 0 Å². The van der Waals surface area contributed by atoms with Crippen molar-refractivity contribution in [3.8, 4) is 5.75 Å². The van der Waals surface area contributed by atoms with Gasteiger partial charge in [0.25, 0.3) is 0 Å². The van der Waals surface area contributed by atoms with Gasteiger partial charge in [-0.05, 0) is 36.2 Å². The van der Waals surface area contributed by atoms with E-state index in [-0.39, 0.29) is 11.7 Å². The molecule has 5 nitrogen and oxygen atoms in total. The fourth-order valence-corrected chi connectivity index (χ4v) is 2.63. The van der Waals surface area contributed by atoms with Gasteiger partial charge in [-0.25, -0.2) is 4.79 Å². The molecule has 2 aromatic carbocycles. The zero-order valence-corrected chi connectivity index (χ0v) is 11.9. The zero-order chi connectivity index (χ0) is 15.0. The number of methoxy groups -OCH3 is 1. The number of nitrogens with two attached hydrogens (primary N) is 1. The first-order valence-corrected chi connectivity index (χ1v) is 6.71. The SMILES string of the molecule is COc1ccccc1C(N)c1cc2[nH]c(=O)[nH]c2cc1C. The van der Waals surface area contributed by atoms with E-state index in [0.29, 0.717) is 0 Å². The van der Waals surface area contributed by atoms with Crippen LogP contribution in [0.5, 0.6) is 5.75 Å². The highest BCUT2D eigenvalue weighted by atomic mass is 16.5. The molecular weight excluding hydrogens is 266 g/mol. The van der Waals surface area contributed by atoms with Crippen molar-refractivity contribution in [2.75, 3.05) is 7.11 Å². The summed E-state index contributed by atoms with van der Waals surface area (Å²) in [5, 5.41) is 0. The van der Waals surface area contributed by atoms with Gasteiger partial charge in [0.15, 0.2) is 0 Å². The van der Waals surface area contributed by atoms with Crippen LogP contribution in [0.15, 0.2) is 41.2 Å². The molecule has 1 atom stereocenters. The van der Waals surface area contributed by atoms with Crippen molar-refractivity contribution in [1.29, 1.82) is 0 Å². The van der Waals surface area contributed by atoms with E-state index in [0.717, 1.165) is 33.5 Å². The molecule has 0 saturated carbocycles. The summed E-state index contributed by atoms with van der Waals surface area (Å²) in [6.45, 7) is 1.98. The summed E-state index contributed by atoms with van der Waals surface area (Å²) >= 11 is 0. The van der Waals surface area contributed by atoms with Crippen molar-refractivity contribution in [1.82, 2.24) is 9.97 Å². The van der Waals surface area contributed by atoms with Crippen molar-refractivity contribution in [2.24, 2.45) is 5.73 Å². The first-order valence-electron chi connectivity index (χ1n) is 6.71. The lowest BCUT2D eigenvalue weighted by atomic mass is 9.94. The quantitative estimate of drug-likeness (QED) is 0.689. The van der Waals surface area contributed by atoms with Gasteiger partial charge in [0.1, 0.15) is 5.75 Å². The van der Waals surface area contributed by atoms with E-state index in [1.165, 1.54) is 0 Å². The Balaban J connectivity index is 2.14. The molecule has 3 rings (SSSR count). The first-order chi connectivity index (χ1) is 10.1. The molecule has 21 heavy (non-hydrogen) atoms. The van der Waals surface area contributed by atoms with Crippen LogP contribution in [0.25, 0.3) is 11.0 Å². The number of aromatic nitrogens is 2. The molecular formula is C16H17N3O2. The molecule has 0 aliphatic heterocycles. The molecule has 1 aromatic heterocycles. The third kappa shape index (κ3) is 2.32. The number of rotatable bonds is 3. The summed E-state index contributed by atoms with van der Waals surface area (Å²) < 4.78 is 5.38. The molecule has 0 fully saturated rings. The molecule has 3 aromatic rings. The van der Waals surface area contributed by atoms with E-state index in [9.17, 15) is 4.79 Å². The number of para-hydroxylation sites is 1. The second-order valence-electron chi connectivity index (χ2n) is 5.05. The van der Waals surface area contributed by atoms with Crippen molar-refractivity contribution in [3.05, 3.63) is 63.6 Å². The third-order valence-electron chi connectivity index (χ3n) is 3.71. The minimum absolute atomic E-state index is 0.215. The van der Waals surface area contributed by atoms with E-state index >= 15 is 0 Å². The number of ether oxygens (including phenoxy) is 1. The minimum Gasteiger partial charge on any atom is -0.496 e. The number of benzene rings is 2. The standard InChI is InChI=1S/C16H17N3O2/c1-9-7-12-13(19-16(20)18-12)8-11(9)15(17)10-5-3-4-6-14(10)21-2/h3-8,15H,17H2,1-2H3,(H2,18,19,20). The lowest BCUT2D eigenvalue weighted by Gasteiger charge is -2.18. The van der Waals surface area contributed by atoms with Crippen LogP contribution in [-0.2, 0) is 0 Å². The molecule has 0 amide bonds. The Kier molecular flexibility index (Phi) is 3.27. The average molecular weight is 283 g/mol. The highest BCUT2D eigenvalue weighted by Crippen LogP contribution is 2.30. The number of nitrogens with one attached hydrogen (secondary N) is 2. The van der Waals surface area contributed by atoms with Crippen LogP contribution >= 0.6 is 0 Å². The Labute approximate surface area is 121 Å². The second kappa shape index (κ2) is 5.10. The molecule has 108 valence electrons. The number of imidazole rings is 1. The summed E-state index contributed by atoms with van der Waals surface area (Å²) in [5.74, 6) is 0.757. The van der Waals surface area contributed by atoms with Crippen LogP contribution < -0.4 is 16.2 Å². The molecule has 5 heteroatoms. The number of aryl methyl sites for hydroxylation is 1. The van der Waals surface area contributed by atoms with Gasteiger partial charge in [0, 0.05) is 5.56 Å². The Morgan fingerprint density at radius 2 is 1.76 bits per heavy atom. The molecule has 1 unspecified atom stereocenters. The van der Waals surface area contributed by atoms with Crippen LogP contribution in [0.4, 0.5) is 0 Å². The first kappa shape index (κ1) is 13.5. The van der Waals surface area contributed by atoms with Crippen molar-refractivity contribution in [3.63, 3.8) is 0 Å². The molecule has 0 radical (unpaired) electrons. The molecule has 0 bridgehead atoms. The number of hydrogen-bond donors (Lipinski definition) is 3. The molecule has 1 heterocycles. The smallest absolute Gasteiger partial charge is 0.323 e. The summed E-state index contributed by atoms with van der Waals surface area (Å²) in [6, 6.07) is 11.2. The lowest BCUT2D eigenvalue weighted by molar-refractivity contribution is 0.408. The topological polar surface area (TPSA) is 83.9 Å². The van der Waals surface area contributed by atoms with Gasteiger partial charge in [-0.1, -0.05) is 18.2 Å². The van der Waals surface area contributed by atoms with Gasteiger partial charge in [-0.3, -0.25) is 0 Å². The van der Waals surface area contributed by atoms with Crippen LogP contribution in [0.3, 0.4) is 0 Å². The predicted molar refractivity (Wildman–Crippen MR) is 82.7 cm³/mol. The lowest BCUT2D eigenvalue weighted by Crippen LogP contribution is -2.14. The zero-order valence-electron chi connectivity index (χ0n) is 11.9. The minimum atomic E-state index is -0.316. The van der Waals surface area contributed by atoms with Crippen LogP contribution in [-0.4, -0.2) is 17.1 Å². The van der Waals surface area contributed by atoms with Gasteiger partial charge in [-0.15, -0.1) is 0 Å². The van der Waals surface area contributed by atoms with Crippen LogP contribution in [0.2, 0.25) is 0 Å². The number of aromatic amines is 2. The Bertz CT molecular complexity index is 848. The monoisotopic (exact) mass is 283 g/mol. The van der Waals surface area contributed by atoms with Gasteiger partial charge < -0.3 is 20.4 Å². The van der Waals surface area contributed by atoms with E-state index in [4.69, 9.17) is 10.5 Å². The van der Waals surface area contributed by atoms with Crippen molar-refractivity contribution < 1.29 is 4.74 Å². The molecule has 4 N–H and O–H groups in total. The summed E-state index contributed by atoms with van der Waals surface area (Å²) in [7, 11) is 1.63. The maximum absolute atomic E-state index is 11.4. The number of H-pyrrole nitrogens is 2. The second-order valence-corrected chi connectivity index (χ2v) is 5.05. The molecule has 0 aliphatic carbocycles. The number of fused-ring (bicyclic) bond motifs is 1. The highest BCUT2D eigenvalue weighted by molar-refractivity contribution is 5.77. The van der Waals surface area contributed by atoms with E-state index in [1.54, 1.807) is 7.11 Å². The number of hydrogen-bond acceptors (Lipinski definition) is 3. The summed E-state index contributed by atoms with van der Waals surface area (Å²) in [6.07, 6.45) is 0. The summed E-state index contributed by atoms with van der Waals surface area (Å²) in [5.41, 5.74) is 10.6. The summed E-state index contributed by atoms with van der Waals surface area (Å²) in [4.78, 5) is 16.9. The van der Waals surface area contributed by atoms with Gasteiger partial charge in [0.2, 0.25) is 0 Å². The van der Waals surface area contributed by atoms with Crippen LogP contribution in [0, 0.1) is 6.92 Å². The molecule has 0 spiro atoms. The van der Waals surface area contributed by atoms with Crippen molar-refractivity contribution in [2.45, 2.75) is 13.0 Å². The predicted octanol–water partition coefficient (Wildman–Crippen LogP) is 2.22. The Morgan fingerprint density at radius 3 is 2.48 bits per heavy atom. The van der Waals surface area contributed by atoms with Crippen molar-refractivity contribution >= 4 is 11.0 Å². The Morgan fingerprint density at radius 1 is 1.10 bits per heavy atom. The highest BCUT2D eigenvalue weighted by Gasteiger charge is 2.16. The average Bonchev–Trinajstić information content (AvgIpc) is 2.84. The maximum atomic E-state index is 11.4. The van der Waals surface area contributed by atoms with E-state index < -0.39 is 0 Å². The fraction of sp³-hybridized carbons (Fsp3) is 0.188. The van der Waals surface area contributed by atoms with E-state index in [2.05, 4.69) is 9.97 Å². The molecule has 0 aliphatic rings. The van der Waals surface area contributed by atoms with Crippen LogP contribution in [0.1, 0.15) is 22.7 Å². The van der Waals surface area contributed by atoms with Gasteiger partial charge >= 0.3 is 5.69 Å². The van der Waals surface area contributed by atoms with Gasteiger partial charge in [0.05, 0.1) is 24.2 Å². The van der Waals surface area contributed by atoms with E-state index in [1.807, 2.05) is 43.3 Å². The largest absolute Gasteiger partial charge is 0.496 e. The normalized spacial score (nSPS) is 12.5. The molecule has 0 saturated heterocycles. The fourth-order valence-electron chi connectivity index (χ4n) is 2.63. The third-order valence-corrected chi connectivity index (χ3v) is 3.71. The maximum Gasteiger partial charge on any atom is 0.323 e.